The quantitative estimate of drug-likeness (QED) is 0.739. The number of aromatic nitrogens is 1. The molecule has 0 saturated carbocycles. The molecular weight excluding hydrogens is 346 g/mol. The Hall–Kier alpha value is -2.80. The Morgan fingerprint density at radius 3 is 2.64 bits per heavy atom. The van der Waals surface area contributed by atoms with Gasteiger partial charge in [-0.05, 0) is 29.8 Å². The van der Waals surface area contributed by atoms with E-state index >= 15 is 0 Å². The van der Waals surface area contributed by atoms with Gasteiger partial charge in [0.1, 0.15) is 17.4 Å². The van der Waals surface area contributed by atoms with Crippen LogP contribution in [0.4, 0.5) is 13.9 Å². The maximum Gasteiger partial charge on any atom is 0.230 e. The molecule has 0 aliphatic carbocycles. The van der Waals surface area contributed by atoms with Gasteiger partial charge < -0.3 is 10.1 Å². The van der Waals surface area contributed by atoms with Crippen LogP contribution < -0.4 is 10.1 Å². The van der Waals surface area contributed by atoms with Gasteiger partial charge >= 0.3 is 0 Å². The number of rotatable bonds is 5. The van der Waals surface area contributed by atoms with E-state index in [1.165, 1.54) is 23.5 Å². The third kappa shape index (κ3) is 4.19. The van der Waals surface area contributed by atoms with Gasteiger partial charge in [0.2, 0.25) is 5.91 Å². The van der Waals surface area contributed by atoms with Gasteiger partial charge in [0.15, 0.2) is 5.13 Å². The number of nitrogens with one attached hydrogen (secondary N) is 1. The largest absolute Gasteiger partial charge is 0.497 e. The molecular formula is C18H14F2N2O2S. The first-order chi connectivity index (χ1) is 12.0. The molecule has 1 aromatic heterocycles. The van der Waals surface area contributed by atoms with Crippen LogP contribution in [-0.4, -0.2) is 18.0 Å². The van der Waals surface area contributed by atoms with Gasteiger partial charge in [-0.2, -0.15) is 0 Å². The third-order valence-electron chi connectivity index (χ3n) is 3.48. The van der Waals surface area contributed by atoms with Crippen LogP contribution >= 0.6 is 11.3 Å². The van der Waals surface area contributed by atoms with Crippen molar-refractivity contribution in [3.05, 3.63) is 65.0 Å². The second kappa shape index (κ2) is 7.40. The Kier molecular flexibility index (Phi) is 5.04. The number of benzene rings is 2. The number of nitrogens with zero attached hydrogens (tertiary/aromatic N) is 1. The molecule has 0 radical (unpaired) electrons. The fourth-order valence-electron chi connectivity index (χ4n) is 2.24. The van der Waals surface area contributed by atoms with E-state index in [0.29, 0.717) is 10.8 Å². The lowest BCUT2D eigenvalue weighted by molar-refractivity contribution is -0.115. The Morgan fingerprint density at radius 1 is 1.20 bits per heavy atom. The van der Waals surface area contributed by atoms with E-state index in [1.54, 1.807) is 36.8 Å². The second-order valence-corrected chi connectivity index (χ2v) is 6.09. The molecule has 0 saturated heterocycles. The summed E-state index contributed by atoms with van der Waals surface area (Å²) < 4.78 is 31.8. The Bertz CT molecular complexity index is 894. The molecule has 0 atom stereocenters. The molecule has 3 aromatic rings. The first-order valence-corrected chi connectivity index (χ1v) is 8.27. The van der Waals surface area contributed by atoms with Crippen molar-refractivity contribution in [1.82, 2.24) is 4.98 Å². The summed E-state index contributed by atoms with van der Waals surface area (Å²) in [5.74, 6) is -0.855. The summed E-state index contributed by atoms with van der Waals surface area (Å²) in [6, 6.07) is 10.5. The maximum absolute atomic E-state index is 13.8. The fourth-order valence-corrected chi connectivity index (χ4v) is 2.97. The summed E-state index contributed by atoms with van der Waals surface area (Å²) in [6.45, 7) is 0. The summed E-state index contributed by atoms with van der Waals surface area (Å²) in [6.07, 6.45) is 0.184. The zero-order valence-corrected chi connectivity index (χ0v) is 14.1. The van der Waals surface area contributed by atoms with E-state index in [4.69, 9.17) is 4.74 Å². The number of hydrogen-bond donors (Lipinski definition) is 1. The van der Waals surface area contributed by atoms with Crippen LogP contribution in [0, 0.1) is 11.6 Å². The topological polar surface area (TPSA) is 51.2 Å². The SMILES string of the molecule is COc1ccc(CC(=O)Nc2nc(-c3ccc(F)cc3F)cs2)cc1. The smallest absolute Gasteiger partial charge is 0.230 e. The number of carbonyl (C=O) groups is 1. The molecule has 0 bridgehead atoms. The molecule has 0 aliphatic heterocycles. The van der Waals surface area contributed by atoms with Gasteiger partial charge in [0, 0.05) is 17.0 Å². The third-order valence-corrected chi connectivity index (χ3v) is 4.24. The highest BCUT2D eigenvalue weighted by molar-refractivity contribution is 7.14. The predicted molar refractivity (Wildman–Crippen MR) is 92.8 cm³/mol. The molecule has 2 aromatic carbocycles. The lowest BCUT2D eigenvalue weighted by Crippen LogP contribution is -2.14. The molecule has 1 N–H and O–H groups in total. The van der Waals surface area contributed by atoms with Gasteiger partial charge in [-0.3, -0.25) is 4.79 Å². The van der Waals surface area contributed by atoms with Crippen LogP contribution in [0.2, 0.25) is 0 Å². The Morgan fingerprint density at radius 2 is 1.96 bits per heavy atom. The lowest BCUT2D eigenvalue weighted by atomic mass is 10.1. The van der Waals surface area contributed by atoms with E-state index in [-0.39, 0.29) is 17.9 Å². The Labute approximate surface area is 147 Å². The molecule has 1 amide bonds. The summed E-state index contributed by atoms with van der Waals surface area (Å²) >= 11 is 1.18. The normalized spacial score (nSPS) is 10.5. The molecule has 0 aliphatic rings. The van der Waals surface area contributed by atoms with Crippen molar-refractivity contribution in [3.8, 4) is 17.0 Å². The van der Waals surface area contributed by atoms with E-state index < -0.39 is 11.6 Å². The first kappa shape index (κ1) is 17.0. The van der Waals surface area contributed by atoms with Gasteiger partial charge in [-0.15, -0.1) is 11.3 Å². The summed E-state index contributed by atoms with van der Waals surface area (Å²) in [4.78, 5) is 16.3. The Balaban J connectivity index is 1.67. The van der Waals surface area contributed by atoms with Gasteiger partial charge in [-0.1, -0.05) is 12.1 Å². The molecule has 3 rings (SSSR count). The van der Waals surface area contributed by atoms with Crippen molar-refractivity contribution in [2.24, 2.45) is 0 Å². The second-order valence-electron chi connectivity index (χ2n) is 5.24. The molecule has 7 heteroatoms. The van der Waals surface area contributed by atoms with Crippen LogP contribution in [0.1, 0.15) is 5.56 Å². The van der Waals surface area contributed by atoms with Crippen LogP contribution in [0.25, 0.3) is 11.3 Å². The average molecular weight is 360 g/mol. The minimum Gasteiger partial charge on any atom is -0.497 e. The summed E-state index contributed by atoms with van der Waals surface area (Å²) in [5.41, 5.74) is 1.37. The predicted octanol–water partition coefficient (Wildman–Crippen LogP) is 4.28. The highest BCUT2D eigenvalue weighted by Crippen LogP contribution is 2.27. The molecule has 25 heavy (non-hydrogen) atoms. The number of halogens is 2. The van der Waals surface area contributed by atoms with Crippen molar-refractivity contribution in [2.45, 2.75) is 6.42 Å². The number of carbonyl (C=O) groups excluding carboxylic acids is 1. The van der Waals surface area contributed by atoms with E-state index in [9.17, 15) is 13.6 Å². The number of amides is 1. The van der Waals surface area contributed by atoms with Crippen molar-refractivity contribution in [2.75, 3.05) is 12.4 Å². The lowest BCUT2D eigenvalue weighted by Gasteiger charge is -2.04. The van der Waals surface area contributed by atoms with Crippen LogP contribution in [0.15, 0.2) is 47.8 Å². The minimum atomic E-state index is -0.693. The maximum atomic E-state index is 13.8. The highest BCUT2D eigenvalue weighted by atomic mass is 32.1. The van der Waals surface area contributed by atoms with Crippen molar-refractivity contribution in [3.63, 3.8) is 0 Å². The van der Waals surface area contributed by atoms with E-state index in [1.807, 2.05) is 0 Å². The van der Waals surface area contributed by atoms with Crippen LogP contribution in [0.3, 0.4) is 0 Å². The fraction of sp³-hybridized carbons (Fsp3) is 0.111. The monoisotopic (exact) mass is 360 g/mol. The van der Waals surface area contributed by atoms with Gasteiger partial charge in [0.05, 0.1) is 19.2 Å². The highest BCUT2D eigenvalue weighted by Gasteiger charge is 2.12. The number of hydrogen-bond acceptors (Lipinski definition) is 4. The van der Waals surface area contributed by atoms with Crippen molar-refractivity contribution >= 4 is 22.4 Å². The van der Waals surface area contributed by atoms with Gasteiger partial charge in [0.25, 0.3) is 0 Å². The summed E-state index contributed by atoms with van der Waals surface area (Å²) in [5, 5.41) is 4.65. The minimum absolute atomic E-state index is 0.184. The van der Waals surface area contributed by atoms with Crippen LogP contribution in [0.5, 0.6) is 5.75 Å². The summed E-state index contributed by atoms with van der Waals surface area (Å²) in [7, 11) is 1.58. The zero-order chi connectivity index (χ0) is 17.8. The van der Waals surface area contributed by atoms with E-state index in [2.05, 4.69) is 10.3 Å². The van der Waals surface area contributed by atoms with Crippen LogP contribution in [-0.2, 0) is 11.2 Å². The first-order valence-electron chi connectivity index (χ1n) is 7.39. The molecule has 4 nitrogen and oxygen atoms in total. The number of methoxy groups -OCH3 is 1. The molecule has 1 heterocycles. The molecule has 0 unspecified atom stereocenters. The van der Waals surface area contributed by atoms with Gasteiger partial charge in [-0.25, -0.2) is 13.8 Å². The number of anilines is 1. The van der Waals surface area contributed by atoms with Crippen molar-refractivity contribution < 1.29 is 18.3 Å². The standard InChI is InChI=1S/C18H14F2N2O2S/c1-24-13-5-2-11(3-6-13)8-17(23)22-18-21-16(10-25-18)14-7-4-12(19)9-15(14)20/h2-7,9-10H,8H2,1H3,(H,21,22,23). The molecule has 128 valence electrons. The number of thiazole rings is 1. The number of ether oxygens (including phenoxy) is 1. The zero-order valence-electron chi connectivity index (χ0n) is 13.3. The van der Waals surface area contributed by atoms with Crippen molar-refractivity contribution in [1.29, 1.82) is 0 Å². The van der Waals surface area contributed by atoms with E-state index in [0.717, 1.165) is 17.4 Å². The average Bonchev–Trinajstić information content (AvgIpc) is 3.03. The molecule has 0 spiro atoms. The molecule has 0 fully saturated rings.